The number of ether oxygens (including phenoxy) is 1. The maximum absolute atomic E-state index is 13.7. The number of nitrogens with zero attached hydrogens (tertiary/aromatic N) is 3. The molecule has 2 fully saturated rings. The molecule has 0 amide bonds. The molecular formula is C22H27ClFN3O. The molecule has 2 saturated heterocycles. The second kappa shape index (κ2) is 8.46. The number of hydrogen-bond acceptors (Lipinski definition) is 4. The smallest absolute Gasteiger partial charge is 0.142 e. The fraction of sp³-hybridized carbons (Fsp3) is 0.500. The Morgan fingerprint density at radius 3 is 2.82 bits per heavy atom. The zero-order valence-corrected chi connectivity index (χ0v) is 17.0. The molecular weight excluding hydrogens is 377 g/mol. The van der Waals surface area contributed by atoms with Crippen LogP contribution in [0.1, 0.15) is 30.4 Å². The average Bonchev–Trinajstić information content (AvgIpc) is 3.12. The van der Waals surface area contributed by atoms with E-state index in [0.717, 1.165) is 57.6 Å². The predicted molar refractivity (Wildman–Crippen MR) is 109 cm³/mol. The normalized spacial score (nSPS) is 22.2. The molecule has 0 bridgehead atoms. The molecule has 2 aliphatic rings. The Balaban J connectivity index is 1.29. The van der Waals surface area contributed by atoms with E-state index in [2.05, 4.69) is 27.9 Å². The number of rotatable bonds is 5. The summed E-state index contributed by atoms with van der Waals surface area (Å²) in [6.45, 7) is 4.40. The van der Waals surface area contributed by atoms with Crippen molar-refractivity contribution in [3.8, 4) is 0 Å². The summed E-state index contributed by atoms with van der Waals surface area (Å²) < 4.78 is 20.0. The van der Waals surface area contributed by atoms with E-state index in [1.165, 1.54) is 5.56 Å². The Bertz CT molecular complexity index is 796. The van der Waals surface area contributed by atoms with E-state index in [1.807, 2.05) is 24.5 Å². The maximum atomic E-state index is 13.7. The van der Waals surface area contributed by atoms with Crippen molar-refractivity contribution in [2.24, 2.45) is 0 Å². The minimum absolute atomic E-state index is 0.00435. The minimum atomic E-state index is -0.341. The van der Waals surface area contributed by atoms with Gasteiger partial charge in [-0.25, -0.2) is 4.39 Å². The molecule has 2 aliphatic heterocycles. The van der Waals surface area contributed by atoms with Crippen molar-refractivity contribution in [2.45, 2.75) is 44.0 Å². The summed E-state index contributed by atoms with van der Waals surface area (Å²) in [5, 5.41) is 0.183. The molecule has 0 aliphatic carbocycles. The van der Waals surface area contributed by atoms with Gasteiger partial charge in [0.2, 0.25) is 0 Å². The van der Waals surface area contributed by atoms with E-state index in [0.29, 0.717) is 6.04 Å². The predicted octanol–water partition coefficient (Wildman–Crippen LogP) is 4.13. The molecule has 28 heavy (non-hydrogen) atoms. The van der Waals surface area contributed by atoms with Gasteiger partial charge in [0, 0.05) is 44.6 Å². The van der Waals surface area contributed by atoms with Crippen LogP contribution in [0.3, 0.4) is 0 Å². The summed E-state index contributed by atoms with van der Waals surface area (Å²) in [4.78, 5) is 8.97. The summed E-state index contributed by atoms with van der Waals surface area (Å²) in [6.07, 6.45) is 6.87. The van der Waals surface area contributed by atoms with Gasteiger partial charge in [-0.1, -0.05) is 23.7 Å². The van der Waals surface area contributed by atoms with Gasteiger partial charge >= 0.3 is 0 Å². The molecule has 0 N–H and O–H groups in total. The number of likely N-dealkylation sites (N-methyl/N-ethyl adjacent to an activating group) is 1. The van der Waals surface area contributed by atoms with Gasteiger partial charge in [-0.05, 0) is 55.6 Å². The molecule has 1 aromatic carbocycles. The van der Waals surface area contributed by atoms with Crippen LogP contribution >= 0.6 is 11.6 Å². The fourth-order valence-electron chi connectivity index (χ4n) is 4.38. The van der Waals surface area contributed by atoms with Crippen LogP contribution in [0.2, 0.25) is 5.02 Å². The first-order valence-electron chi connectivity index (χ1n) is 9.92. The molecule has 150 valence electrons. The van der Waals surface area contributed by atoms with Crippen LogP contribution in [-0.2, 0) is 17.8 Å². The van der Waals surface area contributed by atoms with Gasteiger partial charge in [0.1, 0.15) is 5.82 Å². The first-order valence-corrected chi connectivity index (χ1v) is 10.3. The quantitative estimate of drug-likeness (QED) is 0.750. The molecule has 1 aromatic heterocycles. The molecule has 2 aromatic rings. The van der Waals surface area contributed by atoms with Gasteiger partial charge < -0.3 is 4.74 Å². The van der Waals surface area contributed by atoms with Crippen LogP contribution in [0.4, 0.5) is 4.39 Å². The highest BCUT2D eigenvalue weighted by atomic mass is 35.5. The highest BCUT2D eigenvalue weighted by molar-refractivity contribution is 6.30. The van der Waals surface area contributed by atoms with Crippen molar-refractivity contribution in [3.05, 3.63) is 64.7 Å². The van der Waals surface area contributed by atoms with E-state index in [4.69, 9.17) is 16.3 Å². The Morgan fingerprint density at radius 1 is 1.29 bits per heavy atom. The van der Waals surface area contributed by atoms with E-state index in [1.54, 1.807) is 12.1 Å². The van der Waals surface area contributed by atoms with Gasteiger partial charge in [-0.2, -0.15) is 0 Å². The van der Waals surface area contributed by atoms with Crippen molar-refractivity contribution in [1.29, 1.82) is 0 Å². The topological polar surface area (TPSA) is 28.6 Å². The lowest BCUT2D eigenvalue weighted by Crippen LogP contribution is -2.44. The summed E-state index contributed by atoms with van der Waals surface area (Å²) >= 11 is 5.78. The molecule has 3 heterocycles. The Kier molecular flexibility index (Phi) is 5.97. The van der Waals surface area contributed by atoms with Crippen LogP contribution in [0, 0.1) is 5.82 Å². The molecule has 0 saturated carbocycles. The monoisotopic (exact) mass is 403 g/mol. The fourth-order valence-corrected chi connectivity index (χ4v) is 4.49. The molecule has 4 nitrogen and oxygen atoms in total. The van der Waals surface area contributed by atoms with Crippen molar-refractivity contribution >= 4 is 11.6 Å². The van der Waals surface area contributed by atoms with Crippen LogP contribution in [0.5, 0.6) is 0 Å². The molecule has 1 atom stereocenters. The molecule has 4 rings (SSSR count). The van der Waals surface area contributed by atoms with Gasteiger partial charge in [-0.15, -0.1) is 0 Å². The highest BCUT2D eigenvalue weighted by Crippen LogP contribution is 2.38. The molecule has 0 unspecified atom stereocenters. The number of likely N-dealkylation sites (tertiary alicyclic amines) is 1. The number of piperidine rings is 1. The summed E-state index contributed by atoms with van der Waals surface area (Å²) in [6, 6.07) is 9.64. The summed E-state index contributed by atoms with van der Waals surface area (Å²) in [5.41, 5.74) is 2.20. The number of aromatic nitrogens is 1. The minimum Gasteiger partial charge on any atom is -0.373 e. The van der Waals surface area contributed by atoms with Crippen LogP contribution < -0.4 is 0 Å². The summed E-state index contributed by atoms with van der Waals surface area (Å²) in [5.74, 6) is -0.341. The van der Waals surface area contributed by atoms with E-state index in [-0.39, 0.29) is 16.4 Å². The van der Waals surface area contributed by atoms with Crippen molar-refractivity contribution in [3.63, 3.8) is 0 Å². The molecule has 6 heteroatoms. The van der Waals surface area contributed by atoms with E-state index >= 15 is 0 Å². The second-order valence-electron chi connectivity index (χ2n) is 8.15. The Morgan fingerprint density at radius 2 is 2.11 bits per heavy atom. The Labute approximate surface area is 171 Å². The number of benzene rings is 1. The second-order valence-corrected chi connectivity index (χ2v) is 8.56. The number of hydrogen-bond donors (Lipinski definition) is 0. The third-order valence-corrected chi connectivity index (χ3v) is 6.43. The third-order valence-electron chi connectivity index (χ3n) is 6.13. The number of pyridine rings is 1. The van der Waals surface area contributed by atoms with Crippen molar-refractivity contribution in [1.82, 2.24) is 14.8 Å². The van der Waals surface area contributed by atoms with Crippen LogP contribution in [0.25, 0.3) is 0 Å². The van der Waals surface area contributed by atoms with Gasteiger partial charge in [-0.3, -0.25) is 14.8 Å². The molecule has 0 radical (unpaired) electrons. The maximum Gasteiger partial charge on any atom is 0.142 e. The van der Waals surface area contributed by atoms with Crippen LogP contribution in [0.15, 0.2) is 42.7 Å². The van der Waals surface area contributed by atoms with Gasteiger partial charge in [0.25, 0.3) is 0 Å². The first kappa shape index (κ1) is 19.8. The lowest BCUT2D eigenvalue weighted by atomic mass is 9.87. The van der Waals surface area contributed by atoms with Gasteiger partial charge in [0.05, 0.1) is 17.2 Å². The van der Waals surface area contributed by atoms with Gasteiger partial charge in [0.15, 0.2) is 0 Å². The van der Waals surface area contributed by atoms with Crippen molar-refractivity contribution in [2.75, 3.05) is 26.7 Å². The highest BCUT2D eigenvalue weighted by Gasteiger charge is 2.43. The largest absolute Gasteiger partial charge is 0.373 e. The average molecular weight is 404 g/mol. The molecule has 1 spiro atoms. The Hall–Kier alpha value is -1.53. The SMILES string of the molecule is CN(Cc1cccnc1)[C@H]1COC2(CCN(Cc3ccc(Cl)c(F)c3)CC2)C1. The third kappa shape index (κ3) is 4.54. The van der Waals surface area contributed by atoms with E-state index in [9.17, 15) is 4.39 Å². The van der Waals surface area contributed by atoms with E-state index < -0.39 is 0 Å². The first-order chi connectivity index (χ1) is 13.5. The zero-order chi connectivity index (χ0) is 19.6. The summed E-state index contributed by atoms with van der Waals surface area (Å²) in [7, 11) is 2.17. The zero-order valence-electron chi connectivity index (χ0n) is 16.3. The number of halogens is 2. The lowest BCUT2D eigenvalue weighted by molar-refractivity contribution is -0.0452. The van der Waals surface area contributed by atoms with Crippen LogP contribution in [-0.4, -0.2) is 53.2 Å². The standard InChI is InChI=1S/C22H27ClFN3O/c1-26(14-18-3-2-8-25-13-18)19-12-22(28-16-19)6-9-27(10-7-22)15-17-4-5-20(23)21(24)11-17/h2-5,8,11,13,19H,6-7,9-10,12,14-16H2,1H3/t19-/m1/s1. The lowest BCUT2D eigenvalue weighted by Gasteiger charge is -2.39. The van der Waals surface area contributed by atoms with Crippen molar-refractivity contribution < 1.29 is 9.13 Å².